The number of fused-ring (bicyclic) bond motifs is 3. The van der Waals surface area contributed by atoms with Gasteiger partial charge in [0.25, 0.3) is 6.43 Å². The Morgan fingerprint density at radius 2 is 1.64 bits per heavy atom. The summed E-state index contributed by atoms with van der Waals surface area (Å²) in [5, 5.41) is 11.0. The Labute approximate surface area is 480 Å². The number of benzene rings is 2. The van der Waals surface area contributed by atoms with Crippen molar-refractivity contribution in [3.63, 3.8) is 0 Å². The van der Waals surface area contributed by atoms with Gasteiger partial charge in [-0.25, -0.2) is 8.78 Å². The summed E-state index contributed by atoms with van der Waals surface area (Å²) in [5.74, 6) is 1.61. The van der Waals surface area contributed by atoms with Gasteiger partial charge in [-0.15, -0.1) is 0 Å². The van der Waals surface area contributed by atoms with Crippen molar-refractivity contribution in [1.29, 1.82) is 0 Å². The molecule has 0 amide bonds. The van der Waals surface area contributed by atoms with Crippen LogP contribution >= 0.6 is 0 Å². The van der Waals surface area contributed by atoms with Crippen molar-refractivity contribution in [2.75, 3.05) is 24.5 Å². The summed E-state index contributed by atoms with van der Waals surface area (Å²) < 4.78 is 35.3. The van der Waals surface area contributed by atoms with Gasteiger partial charge in [0, 0.05) is 99.9 Å². The van der Waals surface area contributed by atoms with E-state index >= 15 is 8.78 Å². The monoisotopic (exact) mass is 1080 g/mol. The standard InChI is InChI=1S/C65H79F2N7.C3H6B.C2H6/c1-41(2)34-55(59-40-68-30-25-43(59)4)56-37-51-19-15-31-72(62(51)38-57(56)63(66)67)64-54-20-11-12-21-61(54)74(70-64)52-26-32-71(33-27-52)45(6)35-49-17-13-18-50(36-49)42(3)16-14-28-65(10)29-24-53-47(8)73(48(9)58(53)39-65)60-23-22-44(5)69-46(60)7;1-3(2)4;1-2/h13,17-18,24-25,29-30,34,36-38,40-42,52,60,63,69H,5-9,11-12,14-16,19-23,26-28,31-33,35,39H2,1-4,10H3;1-2H3;1-2H3/b55-34-;;. The van der Waals surface area contributed by atoms with Crippen LogP contribution in [0.2, 0.25) is 0 Å². The number of halogens is 2. The molecule has 423 valence electrons. The van der Waals surface area contributed by atoms with Crippen LogP contribution in [0.4, 0.5) is 20.3 Å². The molecule has 7 nitrogen and oxygen atoms in total. The fraction of sp³-hybridized carbons (Fsp3) is 0.471. The van der Waals surface area contributed by atoms with Gasteiger partial charge in [0.05, 0.1) is 12.1 Å². The Morgan fingerprint density at radius 1 is 0.900 bits per heavy atom. The van der Waals surface area contributed by atoms with Gasteiger partial charge in [-0.2, -0.15) is 5.10 Å². The second-order valence-electron chi connectivity index (χ2n) is 24.2. The van der Waals surface area contributed by atoms with E-state index < -0.39 is 6.43 Å². The Kier molecular flexibility index (Phi) is 19.5. The molecule has 3 aromatic heterocycles. The van der Waals surface area contributed by atoms with E-state index in [1.165, 1.54) is 39.2 Å². The van der Waals surface area contributed by atoms with E-state index in [2.05, 4.69) is 138 Å². The molecule has 2 aromatic carbocycles. The third-order valence-electron chi connectivity index (χ3n) is 17.3. The van der Waals surface area contributed by atoms with Gasteiger partial charge in [0.1, 0.15) is 0 Å². The number of hydrogen-bond acceptors (Lipinski definition) is 5. The number of piperidine rings is 2. The van der Waals surface area contributed by atoms with Crippen LogP contribution in [0.3, 0.4) is 0 Å². The van der Waals surface area contributed by atoms with Gasteiger partial charge in [-0.1, -0.05) is 123 Å². The first-order chi connectivity index (χ1) is 38.3. The van der Waals surface area contributed by atoms with E-state index in [-0.39, 0.29) is 29.0 Å². The second kappa shape index (κ2) is 26.1. The van der Waals surface area contributed by atoms with Crippen LogP contribution in [0.5, 0.6) is 0 Å². The number of alkyl halides is 2. The second-order valence-corrected chi connectivity index (χ2v) is 24.2. The Balaban J connectivity index is 0.00000134. The summed E-state index contributed by atoms with van der Waals surface area (Å²) in [6.07, 6.45) is 23.0. The van der Waals surface area contributed by atoms with E-state index in [4.69, 9.17) is 12.6 Å². The van der Waals surface area contributed by atoms with Gasteiger partial charge in [-0.3, -0.25) is 9.67 Å². The predicted octanol–water partition coefficient (Wildman–Crippen LogP) is 15.5. The zero-order chi connectivity index (χ0) is 57.6. The van der Waals surface area contributed by atoms with Gasteiger partial charge < -0.3 is 19.7 Å². The quantitative estimate of drug-likeness (QED) is 0.106. The number of hydrogen-bond donors (Lipinski definition) is 1. The number of aryl methyl sites for hydroxylation is 2. The van der Waals surface area contributed by atoms with Crippen LogP contribution < -0.4 is 20.9 Å². The van der Waals surface area contributed by atoms with E-state index in [1.54, 1.807) is 12.3 Å². The van der Waals surface area contributed by atoms with E-state index in [9.17, 15) is 0 Å². The fourth-order valence-electron chi connectivity index (χ4n) is 13.2. The van der Waals surface area contributed by atoms with E-state index in [0.29, 0.717) is 11.5 Å². The van der Waals surface area contributed by atoms with E-state index in [1.807, 2.05) is 46.9 Å². The first-order valence-corrected chi connectivity index (χ1v) is 30.1. The Morgan fingerprint density at radius 3 is 2.34 bits per heavy atom. The van der Waals surface area contributed by atoms with Gasteiger partial charge in [0.15, 0.2) is 5.82 Å². The predicted molar refractivity (Wildman–Crippen MR) is 337 cm³/mol. The van der Waals surface area contributed by atoms with Crippen LogP contribution in [0.15, 0.2) is 104 Å². The maximum absolute atomic E-state index is 15.3. The molecule has 6 heterocycles. The summed E-state index contributed by atoms with van der Waals surface area (Å²) in [6, 6.07) is 15.4. The molecule has 5 aromatic rings. The van der Waals surface area contributed by atoms with Gasteiger partial charge >= 0.3 is 26.8 Å². The molecule has 10 heteroatoms. The van der Waals surface area contributed by atoms with Gasteiger partial charge in [0.2, 0.25) is 0 Å². The summed E-state index contributed by atoms with van der Waals surface area (Å²) in [5.41, 5.74) is 17.6. The molecule has 2 aliphatic carbocycles. The molecule has 10 rings (SSSR count). The van der Waals surface area contributed by atoms with Crippen molar-refractivity contribution in [2.24, 2.45) is 11.3 Å². The third kappa shape index (κ3) is 13.2. The average molecular weight is 1080 g/mol. The molecule has 1 radical (unpaired) electrons. The van der Waals surface area contributed by atoms with Crippen molar-refractivity contribution in [3.8, 4) is 0 Å². The third-order valence-corrected chi connectivity index (χ3v) is 17.3. The topological polar surface area (TPSA) is 54.2 Å². The van der Waals surface area contributed by atoms with Crippen molar-refractivity contribution in [3.05, 3.63) is 176 Å². The molecule has 0 saturated carbocycles. The van der Waals surface area contributed by atoms with E-state index in [0.717, 1.165) is 177 Å². The summed E-state index contributed by atoms with van der Waals surface area (Å²) in [4.78, 5) is 9.19. The molecule has 0 spiro atoms. The normalized spacial score (nSPS) is 19.6. The summed E-state index contributed by atoms with van der Waals surface area (Å²) in [6.45, 7) is 43.6. The molecular formula is C70H91BF2N7. The number of aromatic nitrogens is 4. The molecule has 3 atom stereocenters. The SMILES string of the molecule is C=C1CCC(n2c(=C)c3c(c2=C)CC(C)(CCCC(C)c2cccc(CC(=C)N4CCC(n5nc(N6CCCc7cc(/C(=C/C(C)C)c8cnccc8C)c(C(F)F)cc76)c6c5CCCC6)CC4)c2)C=C3)C(=C)N1.CC.[B]=C(C)C. The number of anilines is 2. The molecule has 0 bridgehead atoms. The Bertz CT molecular complexity index is 3250. The zero-order valence-electron chi connectivity index (χ0n) is 50.1. The molecule has 3 unspecified atom stereocenters. The summed E-state index contributed by atoms with van der Waals surface area (Å²) >= 11 is 0. The van der Waals surface area contributed by atoms with Crippen molar-refractivity contribution in [2.45, 2.75) is 183 Å². The van der Waals surface area contributed by atoms with Crippen LogP contribution in [-0.2, 0) is 32.1 Å². The first-order valence-electron chi connectivity index (χ1n) is 30.1. The molecule has 2 saturated heterocycles. The number of rotatable bonds is 15. The molecular weight excluding hydrogens is 988 g/mol. The number of nitrogens with zero attached hydrogens (tertiary/aromatic N) is 6. The number of likely N-dealkylation sites (tertiary alicyclic amines) is 1. The van der Waals surface area contributed by atoms with Crippen LogP contribution in [-0.4, -0.2) is 56.8 Å². The molecule has 3 aliphatic heterocycles. The zero-order valence-corrected chi connectivity index (χ0v) is 50.1. The van der Waals surface area contributed by atoms with Crippen LogP contribution in [0.25, 0.3) is 24.8 Å². The molecule has 80 heavy (non-hydrogen) atoms. The van der Waals surface area contributed by atoms with Crippen molar-refractivity contribution in [1.82, 2.24) is 29.5 Å². The maximum atomic E-state index is 15.3. The number of nitrogens with one attached hydrogen (secondary N) is 1. The minimum atomic E-state index is -2.63. The number of allylic oxidation sites excluding steroid dienone is 5. The Hall–Kier alpha value is -6.29. The molecule has 2 fully saturated rings. The average Bonchev–Trinajstić information content (AvgIpc) is 3.94. The molecule has 5 aliphatic rings. The van der Waals surface area contributed by atoms with Crippen LogP contribution in [0, 0.1) is 18.3 Å². The molecule has 1 N–H and O–H groups in total. The minimum absolute atomic E-state index is 0.0735. The fourth-order valence-corrected chi connectivity index (χ4v) is 13.2. The first kappa shape index (κ1) is 59.8. The van der Waals surface area contributed by atoms with Crippen molar-refractivity contribution >= 4 is 49.3 Å². The summed E-state index contributed by atoms with van der Waals surface area (Å²) in [7, 11) is 5.03. The van der Waals surface area contributed by atoms with Crippen LogP contribution in [0.1, 0.15) is 205 Å². The number of pyridine rings is 1. The van der Waals surface area contributed by atoms with Crippen molar-refractivity contribution < 1.29 is 8.78 Å². The van der Waals surface area contributed by atoms with Gasteiger partial charge in [-0.05, 0) is 165 Å².